The molecule has 12 heteroatoms. The number of halogens is 2. The minimum atomic E-state index is -4.05. The molecule has 0 heterocycles. The number of carbonyl (C=O) groups is 3. The number of sulfonamides is 1. The van der Waals surface area contributed by atoms with E-state index in [1.807, 2.05) is 30.0 Å². The molecule has 0 spiro atoms. The number of benzene rings is 2. The molecule has 0 aliphatic heterocycles. The van der Waals surface area contributed by atoms with Gasteiger partial charge < -0.3 is 10.1 Å². The van der Waals surface area contributed by atoms with Crippen LogP contribution in [0.1, 0.15) is 11.1 Å². The molecule has 3 amide bonds. The number of rotatable bonds is 7. The summed E-state index contributed by atoms with van der Waals surface area (Å²) >= 11 is 11.5. The van der Waals surface area contributed by atoms with Crippen LogP contribution >= 0.6 is 23.2 Å². The summed E-state index contributed by atoms with van der Waals surface area (Å²) in [6, 6.07) is 8.05. The molecular weight excluding hydrogens is 469 g/mol. The molecule has 0 radical (unpaired) electrons. The predicted molar refractivity (Wildman–Crippen MR) is 116 cm³/mol. The molecule has 3 N–H and O–H groups in total. The zero-order valence-corrected chi connectivity index (χ0v) is 18.8. The van der Waals surface area contributed by atoms with Crippen LogP contribution in [0.4, 0.5) is 10.5 Å². The zero-order chi connectivity index (χ0) is 23.2. The number of anilines is 1. The molecule has 0 atom stereocenters. The second-order valence-corrected chi connectivity index (χ2v) is 8.94. The van der Waals surface area contributed by atoms with Gasteiger partial charge >= 0.3 is 12.0 Å². The van der Waals surface area contributed by atoms with Gasteiger partial charge in [0.25, 0.3) is 5.91 Å². The van der Waals surface area contributed by atoms with Crippen LogP contribution in [-0.4, -0.2) is 39.5 Å². The fourth-order valence-electron chi connectivity index (χ4n) is 2.22. The first-order chi connectivity index (χ1) is 14.5. The van der Waals surface area contributed by atoms with Gasteiger partial charge in [0.05, 0.1) is 14.9 Å². The Bertz CT molecular complexity index is 1120. The molecule has 0 aromatic heterocycles. The summed E-state index contributed by atoms with van der Waals surface area (Å²) < 4.78 is 31.0. The van der Waals surface area contributed by atoms with E-state index < -0.39 is 41.1 Å². The molecule has 0 aliphatic carbocycles. The van der Waals surface area contributed by atoms with E-state index in [9.17, 15) is 22.8 Å². The lowest BCUT2D eigenvalue weighted by Gasteiger charge is -2.10. The Labute approximate surface area is 189 Å². The van der Waals surface area contributed by atoms with E-state index in [1.165, 1.54) is 12.1 Å². The molecule has 2 aromatic rings. The summed E-state index contributed by atoms with van der Waals surface area (Å²) in [5.74, 6) is -1.91. The number of aryl methyl sites for hydroxylation is 2. The third-order valence-electron chi connectivity index (χ3n) is 3.99. The van der Waals surface area contributed by atoms with Crippen LogP contribution in [0.3, 0.4) is 0 Å². The Morgan fingerprint density at radius 2 is 1.68 bits per heavy atom. The van der Waals surface area contributed by atoms with Crippen molar-refractivity contribution in [1.29, 1.82) is 0 Å². The highest BCUT2D eigenvalue weighted by Crippen LogP contribution is 2.24. The van der Waals surface area contributed by atoms with E-state index in [2.05, 4.69) is 10.1 Å². The Balaban J connectivity index is 1.78. The first kappa shape index (κ1) is 24.6. The molecule has 0 saturated heterocycles. The van der Waals surface area contributed by atoms with Gasteiger partial charge in [0.15, 0.2) is 6.61 Å². The number of hydrogen-bond donors (Lipinski definition) is 3. The van der Waals surface area contributed by atoms with Crippen molar-refractivity contribution >= 4 is 56.8 Å². The van der Waals surface area contributed by atoms with Gasteiger partial charge in [0.1, 0.15) is 6.54 Å². The topological polar surface area (TPSA) is 131 Å². The Hall–Kier alpha value is -2.66. The van der Waals surface area contributed by atoms with Crippen molar-refractivity contribution in [3.63, 3.8) is 0 Å². The number of imide groups is 1. The van der Waals surface area contributed by atoms with Crippen LogP contribution in [0.5, 0.6) is 0 Å². The van der Waals surface area contributed by atoms with Crippen molar-refractivity contribution in [2.75, 3.05) is 18.5 Å². The van der Waals surface area contributed by atoms with Crippen LogP contribution in [0.25, 0.3) is 0 Å². The minimum Gasteiger partial charge on any atom is -0.455 e. The van der Waals surface area contributed by atoms with Crippen molar-refractivity contribution in [3.8, 4) is 0 Å². The van der Waals surface area contributed by atoms with Gasteiger partial charge in [-0.3, -0.25) is 14.9 Å². The summed E-state index contributed by atoms with van der Waals surface area (Å²) in [7, 11) is -4.05. The van der Waals surface area contributed by atoms with Crippen molar-refractivity contribution in [2.45, 2.75) is 18.7 Å². The van der Waals surface area contributed by atoms with Crippen LogP contribution in [0, 0.1) is 13.8 Å². The summed E-state index contributed by atoms with van der Waals surface area (Å²) in [6.45, 7) is 2.29. The van der Waals surface area contributed by atoms with Gasteiger partial charge in [-0.1, -0.05) is 29.3 Å². The summed E-state index contributed by atoms with van der Waals surface area (Å²) in [5, 5.41) is 4.68. The van der Waals surface area contributed by atoms with Gasteiger partial charge in [-0.05, 0) is 55.3 Å². The average Bonchev–Trinajstić information content (AvgIpc) is 2.69. The molecule has 31 heavy (non-hydrogen) atoms. The first-order valence-corrected chi connectivity index (χ1v) is 11.0. The normalized spacial score (nSPS) is 11.0. The van der Waals surface area contributed by atoms with Gasteiger partial charge in [-0.2, -0.15) is 4.72 Å². The smallest absolute Gasteiger partial charge is 0.325 e. The Morgan fingerprint density at radius 1 is 0.968 bits per heavy atom. The van der Waals surface area contributed by atoms with E-state index >= 15 is 0 Å². The SMILES string of the molecule is Cc1ccc(NC(=O)NC(=O)COC(=O)CNS(=O)(=O)c2ccc(Cl)c(Cl)c2)cc1C. The predicted octanol–water partition coefficient (Wildman–Crippen LogP) is 2.78. The van der Waals surface area contributed by atoms with Crippen LogP contribution < -0.4 is 15.4 Å². The van der Waals surface area contributed by atoms with E-state index in [0.717, 1.165) is 17.2 Å². The van der Waals surface area contributed by atoms with Crippen molar-refractivity contribution in [3.05, 3.63) is 57.6 Å². The lowest BCUT2D eigenvalue weighted by Crippen LogP contribution is -2.38. The van der Waals surface area contributed by atoms with E-state index in [0.29, 0.717) is 5.69 Å². The maximum atomic E-state index is 12.1. The fourth-order valence-corrected chi connectivity index (χ4v) is 3.58. The lowest BCUT2D eigenvalue weighted by atomic mass is 10.1. The molecule has 0 fully saturated rings. The monoisotopic (exact) mass is 487 g/mol. The largest absolute Gasteiger partial charge is 0.455 e. The fraction of sp³-hybridized carbons (Fsp3) is 0.211. The third-order valence-corrected chi connectivity index (χ3v) is 6.13. The second kappa shape index (κ2) is 10.6. The highest BCUT2D eigenvalue weighted by atomic mass is 35.5. The van der Waals surface area contributed by atoms with Gasteiger partial charge in [0.2, 0.25) is 10.0 Å². The summed E-state index contributed by atoms with van der Waals surface area (Å²) in [4.78, 5) is 35.1. The third kappa shape index (κ3) is 7.51. The number of hydrogen-bond acceptors (Lipinski definition) is 6. The molecule has 0 bridgehead atoms. The molecule has 0 saturated carbocycles. The van der Waals surface area contributed by atoms with Crippen LogP contribution in [0.2, 0.25) is 10.0 Å². The van der Waals surface area contributed by atoms with E-state index in [1.54, 1.807) is 12.1 Å². The number of nitrogens with one attached hydrogen (secondary N) is 3. The number of amides is 3. The Kier molecular flexibility index (Phi) is 8.40. The molecule has 166 valence electrons. The van der Waals surface area contributed by atoms with E-state index in [-0.39, 0.29) is 14.9 Å². The first-order valence-electron chi connectivity index (χ1n) is 8.76. The number of carbonyl (C=O) groups excluding carboxylic acids is 3. The maximum absolute atomic E-state index is 12.1. The summed E-state index contributed by atoms with van der Waals surface area (Å²) in [6.07, 6.45) is 0. The average molecular weight is 488 g/mol. The van der Waals surface area contributed by atoms with Gasteiger partial charge in [-0.25, -0.2) is 13.2 Å². The van der Waals surface area contributed by atoms with Gasteiger partial charge in [-0.15, -0.1) is 0 Å². The molecule has 0 aliphatic rings. The molecular formula is C19H19Cl2N3O6S. The maximum Gasteiger partial charge on any atom is 0.325 e. The van der Waals surface area contributed by atoms with Crippen molar-refractivity contribution in [2.24, 2.45) is 0 Å². The Morgan fingerprint density at radius 3 is 2.32 bits per heavy atom. The molecule has 0 unspecified atom stereocenters. The second-order valence-electron chi connectivity index (χ2n) is 6.36. The lowest BCUT2D eigenvalue weighted by molar-refractivity contribution is -0.147. The highest BCUT2D eigenvalue weighted by molar-refractivity contribution is 7.89. The minimum absolute atomic E-state index is 0.0304. The van der Waals surface area contributed by atoms with E-state index in [4.69, 9.17) is 23.2 Å². The number of urea groups is 1. The molecule has 9 nitrogen and oxygen atoms in total. The van der Waals surface area contributed by atoms with Crippen LogP contribution in [-0.2, 0) is 24.3 Å². The standard InChI is InChI=1S/C19H19Cl2N3O6S/c1-11-3-4-13(7-12(11)2)23-19(27)24-17(25)10-30-18(26)9-22-31(28,29)14-5-6-15(20)16(21)8-14/h3-8,22H,9-10H2,1-2H3,(H2,23,24,25,27). The van der Waals surface area contributed by atoms with Crippen molar-refractivity contribution < 1.29 is 27.5 Å². The highest BCUT2D eigenvalue weighted by Gasteiger charge is 2.18. The zero-order valence-electron chi connectivity index (χ0n) is 16.5. The summed E-state index contributed by atoms with van der Waals surface area (Å²) in [5.41, 5.74) is 2.49. The van der Waals surface area contributed by atoms with Crippen LogP contribution in [0.15, 0.2) is 41.3 Å². The van der Waals surface area contributed by atoms with Crippen molar-refractivity contribution in [1.82, 2.24) is 10.0 Å². The molecule has 2 aromatic carbocycles. The van der Waals surface area contributed by atoms with Gasteiger partial charge in [0, 0.05) is 5.69 Å². The quantitative estimate of drug-likeness (QED) is 0.514. The molecule has 2 rings (SSSR count). The number of ether oxygens (including phenoxy) is 1. The number of esters is 1.